The Hall–Kier alpha value is -0.930. The Morgan fingerprint density at radius 2 is 1.70 bits per heavy atom. The van der Waals surface area contributed by atoms with Gasteiger partial charge in [0.25, 0.3) is 0 Å². The number of likely N-dealkylation sites (N-methyl/N-ethyl adjacent to an activating group) is 1. The molecule has 1 aromatic carbocycles. The minimum Gasteiger partial charge on any atom is -0.386 e. The van der Waals surface area contributed by atoms with Crippen molar-refractivity contribution in [2.24, 2.45) is 0 Å². The van der Waals surface area contributed by atoms with E-state index in [1.54, 1.807) is 0 Å². The molecule has 20 heavy (non-hydrogen) atoms. The monoisotopic (exact) mass is 279 g/mol. The zero-order valence-corrected chi connectivity index (χ0v) is 12.8. The van der Waals surface area contributed by atoms with Gasteiger partial charge in [-0.1, -0.05) is 31.7 Å². The summed E-state index contributed by atoms with van der Waals surface area (Å²) < 4.78 is 13.6. The number of aliphatic hydroxyl groups is 1. The predicted molar refractivity (Wildman–Crippen MR) is 80.2 cm³/mol. The zero-order valence-electron chi connectivity index (χ0n) is 12.8. The minimum atomic E-state index is -0.634. The van der Waals surface area contributed by atoms with Crippen molar-refractivity contribution in [3.8, 4) is 0 Å². The second-order valence-electron chi connectivity index (χ2n) is 6.38. The van der Waals surface area contributed by atoms with Crippen LogP contribution in [0.3, 0.4) is 0 Å². The first-order chi connectivity index (χ1) is 9.45. The van der Waals surface area contributed by atoms with Crippen LogP contribution >= 0.6 is 0 Å². The van der Waals surface area contributed by atoms with E-state index in [0.29, 0.717) is 5.56 Å². The molecule has 0 aromatic heterocycles. The topological polar surface area (TPSA) is 23.5 Å². The molecule has 1 N–H and O–H groups in total. The van der Waals surface area contributed by atoms with Gasteiger partial charge in [0.05, 0.1) is 11.6 Å². The van der Waals surface area contributed by atoms with Gasteiger partial charge in [-0.15, -0.1) is 0 Å². The molecule has 1 saturated carbocycles. The Kier molecular flexibility index (Phi) is 4.82. The quantitative estimate of drug-likeness (QED) is 0.850. The maximum absolute atomic E-state index is 13.6. The van der Waals surface area contributed by atoms with Crippen molar-refractivity contribution >= 4 is 0 Å². The van der Waals surface area contributed by atoms with E-state index in [4.69, 9.17) is 0 Å². The maximum atomic E-state index is 13.6. The van der Waals surface area contributed by atoms with Gasteiger partial charge < -0.3 is 10.0 Å². The van der Waals surface area contributed by atoms with Crippen molar-refractivity contribution in [1.82, 2.24) is 4.90 Å². The summed E-state index contributed by atoms with van der Waals surface area (Å²) in [6, 6.07) is 4.89. The summed E-state index contributed by atoms with van der Waals surface area (Å²) in [5.74, 6) is -0.262. The number of halogens is 1. The second-order valence-corrected chi connectivity index (χ2v) is 6.38. The van der Waals surface area contributed by atoms with Crippen LogP contribution < -0.4 is 0 Å². The van der Waals surface area contributed by atoms with E-state index in [1.165, 1.54) is 25.0 Å². The summed E-state index contributed by atoms with van der Waals surface area (Å²) in [5, 5.41) is 10.9. The van der Waals surface area contributed by atoms with E-state index in [0.717, 1.165) is 31.2 Å². The molecule has 0 amide bonds. The fraction of sp³-hybridized carbons (Fsp3) is 0.647. The molecular weight excluding hydrogens is 253 g/mol. The van der Waals surface area contributed by atoms with Crippen molar-refractivity contribution in [3.05, 3.63) is 35.1 Å². The van der Waals surface area contributed by atoms with Crippen LogP contribution in [-0.2, 0) is 0 Å². The third-order valence-corrected chi connectivity index (χ3v) is 4.75. The lowest BCUT2D eigenvalue weighted by atomic mass is 9.79. The van der Waals surface area contributed by atoms with Crippen molar-refractivity contribution < 1.29 is 9.50 Å². The molecule has 0 saturated heterocycles. The van der Waals surface area contributed by atoms with Gasteiger partial charge in [0.15, 0.2) is 0 Å². The van der Waals surface area contributed by atoms with Crippen molar-refractivity contribution in [2.75, 3.05) is 14.1 Å². The van der Waals surface area contributed by atoms with Crippen molar-refractivity contribution in [1.29, 1.82) is 0 Å². The summed E-state index contributed by atoms with van der Waals surface area (Å²) in [6.45, 7) is 1.87. The summed E-state index contributed by atoms with van der Waals surface area (Å²) in [7, 11) is 4.06. The number of hydrogen-bond donors (Lipinski definition) is 1. The highest BCUT2D eigenvalue weighted by Gasteiger charge is 2.41. The van der Waals surface area contributed by atoms with Gasteiger partial charge in [-0.25, -0.2) is 4.39 Å². The zero-order chi connectivity index (χ0) is 14.8. The number of rotatable bonds is 3. The largest absolute Gasteiger partial charge is 0.386 e. The van der Waals surface area contributed by atoms with E-state index in [2.05, 4.69) is 4.90 Å². The fourth-order valence-corrected chi connectivity index (χ4v) is 3.54. The number of hydrogen-bond acceptors (Lipinski definition) is 2. The molecular formula is C17H26FNO. The smallest absolute Gasteiger partial charge is 0.123 e. The molecule has 1 atom stereocenters. The maximum Gasteiger partial charge on any atom is 0.123 e. The van der Waals surface area contributed by atoms with Crippen LogP contribution in [-0.4, -0.2) is 29.6 Å². The van der Waals surface area contributed by atoms with Crippen molar-refractivity contribution in [3.63, 3.8) is 0 Å². The molecule has 0 aliphatic heterocycles. The van der Waals surface area contributed by atoms with E-state index in [-0.39, 0.29) is 11.4 Å². The highest BCUT2D eigenvalue weighted by molar-refractivity contribution is 5.28. The van der Waals surface area contributed by atoms with Crippen LogP contribution in [0.25, 0.3) is 0 Å². The Morgan fingerprint density at radius 1 is 1.10 bits per heavy atom. The van der Waals surface area contributed by atoms with Gasteiger partial charge in [-0.05, 0) is 57.1 Å². The first kappa shape index (κ1) is 15.5. The van der Waals surface area contributed by atoms with E-state index < -0.39 is 6.10 Å². The summed E-state index contributed by atoms with van der Waals surface area (Å²) in [4.78, 5) is 2.14. The number of nitrogens with zero attached hydrogens (tertiary/aromatic N) is 1. The lowest BCUT2D eigenvalue weighted by Gasteiger charge is -2.43. The fourth-order valence-electron chi connectivity index (χ4n) is 3.54. The highest BCUT2D eigenvalue weighted by Crippen LogP contribution is 2.41. The first-order valence-electron chi connectivity index (χ1n) is 7.58. The molecule has 0 heterocycles. The Morgan fingerprint density at radius 3 is 2.20 bits per heavy atom. The molecule has 3 heteroatoms. The molecule has 112 valence electrons. The number of aliphatic hydroxyl groups excluding tert-OH is 1. The normalized spacial score (nSPS) is 20.7. The Bertz CT molecular complexity index is 430. The standard InChI is InChI=1S/C17H26FNO/c1-13-10-14(12-15(18)11-13)16(20)17(19(2)3)8-6-4-5-7-9-17/h10-12,16,20H,4-9H2,1-3H3. The molecule has 1 aliphatic carbocycles. The van der Waals surface area contributed by atoms with Crippen LogP contribution in [0, 0.1) is 12.7 Å². The lowest BCUT2D eigenvalue weighted by Crippen LogP contribution is -2.49. The third-order valence-electron chi connectivity index (χ3n) is 4.75. The van der Waals surface area contributed by atoms with Crippen LogP contribution in [0.15, 0.2) is 18.2 Å². The average Bonchev–Trinajstić information content (AvgIpc) is 2.63. The SMILES string of the molecule is Cc1cc(F)cc(C(O)C2(N(C)C)CCCCCC2)c1. The number of benzene rings is 1. The molecule has 0 spiro atoms. The van der Waals surface area contributed by atoms with Crippen LogP contribution in [0.2, 0.25) is 0 Å². The Balaban J connectivity index is 2.37. The second kappa shape index (κ2) is 6.23. The summed E-state index contributed by atoms with van der Waals surface area (Å²) >= 11 is 0. The van der Waals surface area contributed by atoms with Gasteiger partial charge in [-0.3, -0.25) is 0 Å². The molecule has 1 aliphatic rings. The summed E-state index contributed by atoms with van der Waals surface area (Å²) in [5.41, 5.74) is 1.30. The molecule has 2 nitrogen and oxygen atoms in total. The molecule has 2 rings (SSSR count). The van der Waals surface area contributed by atoms with Gasteiger partial charge in [0, 0.05) is 0 Å². The molecule has 0 bridgehead atoms. The third kappa shape index (κ3) is 3.04. The van der Waals surface area contributed by atoms with E-state index >= 15 is 0 Å². The Labute approximate surface area is 121 Å². The van der Waals surface area contributed by atoms with Gasteiger partial charge >= 0.3 is 0 Å². The van der Waals surface area contributed by atoms with Crippen LogP contribution in [0.4, 0.5) is 4.39 Å². The van der Waals surface area contributed by atoms with Crippen LogP contribution in [0.5, 0.6) is 0 Å². The first-order valence-corrected chi connectivity index (χ1v) is 7.58. The lowest BCUT2D eigenvalue weighted by molar-refractivity contribution is -0.0200. The van der Waals surface area contributed by atoms with Gasteiger partial charge in [0.1, 0.15) is 5.82 Å². The van der Waals surface area contributed by atoms with E-state index in [1.807, 2.05) is 27.1 Å². The average molecular weight is 279 g/mol. The molecule has 1 aromatic rings. The molecule has 1 unspecified atom stereocenters. The van der Waals surface area contributed by atoms with Crippen molar-refractivity contribution in [2.45, 2.75) is 57.1 Å². The predicted octanol–water partition coefficient (Wildman–Crippen LogP) is 3.82. The summed E-state index contributed by atoms with van der Waals surface area (Å²) in [6.07, 6.45) is 6.01. The highest BCUT2D eigenvalue weighted by atomic mass is 19.1. The number of aryl methyl sites for hydroxylation is 1. The minimum absolute atomic E-state index is 0.262. The van der Waals surface area contributed by atoms with E-state index in [9.17, 15) is 9.50 Å². The molecule has 1 fully saturated rings. The molecule has 0 radical (unpaired) electrons. The van der Waals surface area contributed by atoms with Gasteiger partial charge in [0.2, 0.25) is 0 Å². The van der Waals surface area contributed by atoms with Gasteiger partial charge in [-0.2, -0.15) is 0 Å². The van der Waals surface area contributed by atoms with Crippen LogP contribution in [0.1, 0.15) is 55.8 Å².